The molecule has 0 amide bonds. The van der Waals surface area contributed by atoms with E-state index in [1.165, 1.54) is 54.9 Å². The molecule has 11 aromatic rings. The van der Waals surface area contributed by atoms with Crippen LogP contribution < -0.4 is 4.90 Å². The van der Waals surface area contributed by atoms with Gasteiger partial charge in [-0.1, -0.05) is 211 Å². The molecule has 11 rings (SSSR count). The van der Waals surface area contributed by atoms with Crippen LogP contribution in [0.4, 0.5) is 17.1 Å². The second-order valence-corrected chi connectivity index (χ2v) is 19.8. The molecule has 1 heterocycles. The first-order valence-electron chi connectivity index (χ1n) is 23.2. The standard InChI is InChI=1S/C64H53NO/c1-63(2,3)47-38-46(39-48(41-47)64(4,5)6)51-26-16-20-44-21-17-28-56(62(44)51)54-24-10-13-30-59(54)65(58-29-12-9-23-53(58)52-27-15-19-43-18-7-8-22-50(43)52)49-35-32-42(33-36-49)45-34-37-61-57(40-45)55-25-11-14-31-60(55)66-61/h7-41H,1-6H3. The van der Waals surface area contributed by atoms with E-state index in [4.69, 9.17) is 4.42 Å². The van der Waals surface area contributed by atoms with Crippen LogP contribution >= 0.6 is 0 Å². The van der Waals surface area contributed by atoms with Crippen LogP contribution in [0.1, 0.15) is 52.7 Å². The lowest BCUT2D eigenvalue weighted by atomic mass is 9.78. The van der Waals surface area contributed by atoms with E-state index in [1.807, 2.05) is 12.1 Å². The van der Waals surface area contributed by atoms with Gasteiger partial charge in [0.1, 0.15) is 11.2 Å². The molecular weight excluding hydrogens is 799 g/mol. The summed E-state index contributed by atoms with van der Waals surface area (Å²) in [4.78, 5) is 2.47. The van der Waals surface area contributed by atoms with Gasteiger partial charge in [0.25, 0.3) is 0 Å². The number of rotatable bonds is 7. The zero-order valence-corrected chi connectivity index (χ0v) is 38.6. The van der Waals surface area contributed by atoms with Gasteiger partial charge in [-0.05, 0) is 119 Å². The quantitative estimate of drug-likeness (QED) is 0.159. The zero-order valence-electron chi connectivity index (χ0n) is 38.6. The first kappa shape index (κ1) is 41.1. The van der Waals surface area contributed by atoms with Crippen molar-refractivity contribution in [3.8, 4) is 44.5 Å². The molecule has 0 saturated heterocycles. The van der Waals surface area contributed by atoms with Gasteiger partial charge in [0, 0.05) is 27.6 Å². The Hall–Kier alpha value is -7.68. The molecule has 0 aliphatic rings. The molecule has 10 aromatic carbocycles. The third-order valence-electron chi connectivity index (χ3n) is 13.4. The van der Waals surface area contributed by atoms with Crippen molar-refractivity contribution in [2.45, 2.75) is 52.4 Å². The summed E-state index contributed by atoms with van der Waals surface area (Å²) in [5.74, 6) is 0. The summed E-state index contributed by atoms with van der Waals surface area (Å²) in [7, 11) is 0. The molecule has 0 spiro atoms. The summed E-state index contributed by atoms with van der Waals surface area (Å²) in [6.07, 6.45) is 0. The molecule has 0 radical (unpaired) electrons. The fraction of sp³-hybridized carbons (Fsp3) is 0.125. The highest BCUT2D eigenvalue weighted by atomic mass is 16.3. The number of para-hydroxylation sites is 3. The fourth-order valence-electron chi connectivity index (χ4n) is 9.82. The molecule has 2 nitrogen and oxygen atoms in total. The minimum atomic E-state index is -0.01000. The second-order valence-electron chi connectivity index (χ2n) is 19.8. The average molecular weight is 852 g/mol. The van der Waals surface area contributed by atoms with Crippen molar-refractivity contribution in [2.24, 2.45) is 0 Å². The van der Waals surface area contributed by atoms with Crippen molar-refractivity contribution in [1.82, 2.24) is 0 Å². The highest BCUT2D eigenvalue weighted by molar-refractivity contribution is 6.10. The van der Waals surface area contributed by atoms with E-state index in [-0.39, 0.29) is 10.8 Å². The Bertz CT molecular complexity index is 3570. The van der Waals surface area contributed by atoms with Crippen LogP contribution in [-0.2, 0) is 10.8 Å². The fourth-order valence-corrected chi connectivity index (χ4v) is 9.82. The van der Waals surface area contributed by atoms with Crippen molar-refractivity contribution >= 4 is 60.5 Å². The number of hydrogen-bond acceptors (Lipinski definition) is 2. The summed E-state index contributed by atoms with van der Waals surface area (Å²) in [6, 6.07) is 78.0. The highest BCUT2D eigenvalue weighted by Crippen LogP contribution is 2.48. The van der Waals surface area contributed by atoms with E-state index in [0.29, 0.717) is 0 Å². The van der Waals surface area contributed by atoms with Crippen LogP contribution in [0, 0.1) is 0 Å². The Morgan fingerprint density at radius 2 is 0.833 bits per heavy atom. The minimum absolute atomic E-state index is 0.01000. The lowest BCUT2D eigenvalue weighted by molar-refractivity contribution is 0.569. The van der Waals surface area contributed by atoms with Gasteiger partial charge >= 0.3 is 0 Å². The maximum atomic E-state index is 6.20. The topological polar surface area (TPSA) is 16.4 Å². The molecular formula is C64H53NO. The van der Waals surface area contributed by atoms with E-state index in [0.717, 1.165) is 61.3 Å². The van der Waals surface area contributed by atoms with Crippen LogP contribution in [-0.4, -0.2) is 0 Å². The molecule has 1 aromatic heterocycles. The van der Waals surface area contributed by atoms with E-state index < -0.39 is 0 Å². The number of benzene rings is 10. The SMILES string of the molecule is CC(C)(C)c1cc(-c2cccc3cccc(-c4ccccc4N(c4ccc(-c5ccc6oc7ccccc7c6c5)cc4)c4ccccc4-c4cccc5ccccc45)c23)cc(C(C)(C)C)c1. The molecule has 0 unspecified atom stereocenters. The third-order valence-corrected chi connectivity index (χ3v) is 13.4. The summed E-state index contributed by atoms with van der Waals surface area (Å²) in [5, 5.41) is 7.17. The van der Waals surface area contributed by atoms with Gasteiger partial charge in [0.05, 0.1) is 11.4 Å². The van der Waals surface area contributed by atoms with Crippen molar-refractivity contribution in [3.63, 3.8) is 0 Å². The Balaban J connectivity index is 1.13. The largest absolute Gasteiger partial charge is 0.456 e. The highest BCUT2D eigenvalue weighted by Gasteiger charge is 2.25. The Morgan fingerprint density at radius 3 is 1.52 bits per heavy atom. The number of hydrogen-bond donors (Lipinski definition) is 0. The van der Waals surface area contributed by atoms with Crippen LogP contribution in [0.25, 0.3) is 88.0 Å². The Labute approximate surface area is 388 Å². The van der Waals surface area contributed by atoms with Crippen LogP contribution in [0.15, 0.2) is 217 Å². The summed E-state index contributed by atoms with van der Waals surface area (Å²) in [5.41, 5.74) is 17.3. The minimum Gasteiger partial charge on any atom is -0.456 e. The van der Waals surface area contributed by atoms with Crippen LogP contribution in [0.5, 0.6) is 0 Å². The summed E-state index contributed by atoms with van der Waals surface area (Å²) in [6.45, 7) is 13.9. The van der Waals surface area contributed by atoms with E-state index in [9.17, 15) is 0 Å². The maximum absolute atomic E-state index is 6.20. The molecule has 0 aliphatic carbocycles. The molecule has 0 saturated carbocycles. The van der Waals surface area contributed by atoms with Crippen molar-refractivity contribution < 1.29 is 4.42 Å². The summed E-state index contributed by atoms with van der Waals surface area (Å²) < 4.78 is 6.20. The third kappa shape index (κ3) is 7.33. The van der Waals surface area contributed by atoms with Gasteiger partial charge in [-0.2, -0.15) is 0 Å². The van der Waals surface area contributed by atoms with Gasteiger partial charge in [-0.15, -0.1) is 0 Å². The molecule has 320 valence electrons. The van der Waals surface area contributed by atoms with E-state index in [1.54, 1.807) is 0 Å². The lowest BCUT2D eigenvalue weighted by Crippen LogP contribution is -2.16. The van der Waals surface area contributed by atoms with E-state index >= 15 is 0 Å². The monoisotopic (exact) mass is 851 g/mol. The molecule has 0 bridgehead atoms. The number of anilines is 3. The Morgan fingerprint density at radius 1 is 0.333 bits per heavy atom. The maximum Gasteiger partial charge on any atom is 0.135 e. The molecule has 66 heavy (non-hydrogen) atoms. The molecule has 2 heteroatoms. The zero-order chi connectivity index (χ0) is 45.2. The van der Waals surface area contributed by atoms with Gasteiger partial charge in [-0.25, -0.2) is 0 Å². The van der Waals surface area contributed by atoms with E-state index in [2.05, 4.69) is 247 Å². The first-order chi connectivity index (χ1) is 32.0. The number of fused-ring (bicyclic) bond motifs is 5. The molecule has 0 N–H and O–H groups in total. The van der Waals surface area contributed by atoms with Crippen LogP contribution in [0.2, 0.25) is 0 Å². The number of furan rings is 1. The lowest BCUT2D eigenvalue weighted by Gasteiger charge is -2.30. The Kier molecular flexibility index (Phi) is 10.0. The summed E-state index contributed by atoms with van der Waals surface area (Å²) >= 11 is 0. The van der Waals surface area contributed by atoms with Gasteiger partial charge in [0.15, 0.2) is 0 Å². The van der Waals surface area contributed by atoms with Crippen LogP contribution in [0.3, 0.4) is 0 Å². The second kappa shape index (κ2) is 16.1. The molecule has 0 atom stereocenters. The van der Waals surface area contributed by atoms with Gasteiger partial charge < -0.3 is 9.32 Å². The van der Waals surface area contributed by atoms with Crippen molar-refractivity contribution in [1.29, 1.82) is 0 Å². The van der Waals surface area contributed by atoms with Crippen molar-refractivity contribution in [3.05, 3.63) is 223 Å². The predicted octanol–water partition coefficient (Wildman–Crippen LogP) is 18.6. The number of nitrogens with zero attached hydrogens (tertiary/aromatic N) is 1. The first-order valence-corrected chi connectivity index (χ1v) is 23.2. The van der Waals surface area contributed by atoms with Crippen molar-refractivity contribution in [2.75, 3.05) is 4.90 Å². The van der Waals surface area contributed by atoms with Gasteiger partial charge in [-0.3, -0.25) is 0 Å². The van der Waals surface area contributed by atoms with Gasteiger partial charge in [0.2, 0.25) is 0 Å². The smallest absolute Gasteiger partial charge is 0.135 e. The molecule has 0 fully saturated rings. The molecule has 0 aliphatic heterocycles. The predicted molar refractivity (Wildman–Crippen MR) is 283 cm³/mol. The normalized spacial score (nSPS) is 12.1. The average Bonchev–Trinajstić information content (AvgIpc) is 3.71.